The van der Waals surface area contributed by atoms with Crippen molar-refractivity contribution in [3.63, 3.8) is 0 Å². The summed E-state index contributed by atoms with van der Waals surface area (Å²) in [5, 5.41) is 2.88. The second kappa shape index (κ2) is 10.3. The van der Waals surface area contributed by atoms with Gasteiger partial charge in [-0.15, -0.1) is 0 Å². The van der Waals surface area contributed by atoms with Gasteiger partial charge >= 0.3 is 0 Å². The van der Waals surface area contributed by atoms with Gasteiger partial charge in [0.05, 0.1) is 19.8 Å². The topological polar surface area (TPSA) is 101 Å². The molecule has 6 atom stereocenters. The highest BCUT2D eigenvalue weighted by Crippen LogP contribution is 2.35. The lowest BCUT2D eigenvalue weighted by Crippen LogP contribution is -2.67. The SMILES string of the molecule is CO[C@H]1O[C@@H]2COC(c3ccccc3)O[C@H]2[C@H](OCc2ccccc2)[C@@H]1NC(=O)CN. The average molecular weight is 428 g/mol. The van der Waals surface area contributed by atoms with E-state index in [4.69, 9.17) is 29.4 Å². The number of amides is 1. The van der Waals surface area contributed by atoms with Crippen LogP contribution in [-0.2, 0) is 35.1 Å². The van der Waals surface area contributed by atoms with Crippen LogP contribution in [0.2, 0.25) is 0 Å². The minimum atomic E-state index is -0.724. The van der Waals surface area contributed by atoms with Crippen molar-refractivity contribution in [3.8, 4) is 0 Å². The molecule has 1 unspecified atom stereocenters. The van der Waals surface area contributed by atoms with Crippen molar-refractivity contribution in [2.24, 2.45) is 5.73 Å². The van der Waals surface area contributed by atoms with Crippen LogP contribution in [0.25, 0.3) is 0 Å². The van der Waals surface area contributed by atoms with E-state index in [1.807, 2.05) is 60.7 Å². The van der Waals surface area contributed by atoms with E-state index < -0.39 is 36.9 Å². The lowest BCUT2D eigenvalue weighted by Gasteiger charge is -2.49. The van der Waals surface area contributed by atoms with Gasteiger partial charge in [0.15, 0.2) is 12.6 Å². The zero-order chi connectivity index (χ0) is 21.6. The number of carbonyl (C=O) groups excluding carboxylic acids is 1. The van der Waals surface area contributed by atoms with Gasteiger partial charge in [-0.3, -0.25) is 4.79 Å². The van der Waals surface area contributed by atoms with Gasteiger partial charge in [-0.1, -0.05) is 60.7 Å². The van der Waals surface area contributed by atoms with Crippen molar-refractivity contribution in [1.82, 2.24) is 5.32 Å². The van der Waals surface area contributed by atoms with E-state index in [9.17, 15) is 4.79 Å². The molecular formula is C23H28N2O6. The van der Waals surface area contributed by atoms with Gasteiger partial charge < -0.3 is 34.7 Å². The van der Waals surface area contributed by atoms with Crippen LogP contribution >= 0.6 is 0 Å². The van der Waals surface area contributed by atoms with Crippen molar-refractivity contribution in [2.75, 3.05) is 20.3 Å². The number of ether oxygens (including phenoxy) is 5. The molecule has 31 heavy (non-hydrogen) atoms. The quantitative estimate of drug-likeness (QED) is 0.689. The number of hydrogen-bond donors (Lipinski definition) is 2. The van der Waals surface area contributed by atoms with Gasteiger partial charge in [0.1, 0.15) is 24.4 Å². The zero-order valence-electron chi connectivity index (χ0n) is 17.4. The van der Waals surface area contributed by atoms with E-state index in [1.54, 1.807) is 0 Å². The van der Waals surface area contributed by atoms with E-state index in [0.717, 1.165) is 11.1 Å². The van der Waals surface area contributed by atoms with Crippen LogP contribution in [0.5, 0.6) is 0 Å². The zero-order valence-corrected chi connectivity index (χ0v) is 17.4. The fourth-order valence-electron chi connectivity index (χ4n) is 3.92. The number of carbonyl (C=O) groups is 1. The number of rotatable bonds is 7. The first-order chi connectivity index (χ1) is 15.2. The van der Waals surface area contributed by atoms with Crippen LogP contribution in [0, 0.1) is 0 Å². The van der Waals surface area contributed by atoms with E-state index in [1.165, 1.54) is 7.11 Å². The summed E-state index contributed by atoms with van der Waals surface area (Å²) in [6.45, 7) is 0.510. The molecule has 0 saturated carbocycles. The predicted octanol–water partition coefficient (Wildman–Crippen LogP) is 1.50. The maximum absolute atomic E-state index is 12.1. The molecule has 2 saturated heterocycles. The van der Waals surface area contributed by atoms with Gasteiger partial charge in [-0.25, -0.2) is 0 Å². The Labute approximate surface area is 181 Å². The maximum atomic E-state index is 12.1. The van der Waals surface area contributed by atoms with Gasteiger partial charge in [0, 0.05) is 12.7 Å². The van der Waals surface area contributed by atoms with Crippen molar-refractivity contribution in [2.45, 2.75) is 43.5 Å². The van der Waals surface area contributed by atoms with Crippen LogP contribution in [0.1, 0.15) is 17.4 Å². The number of fused-ring (bicyclic) bond motifs is 1. The van der Waals surface area contributed by atoms with Gasteiger partial charge in [-0.05, 0) is 5.56 Å². The third kappa shape index (κ3) is 5.12. The summed E-state index contributed by atoms with van der Waals surface area (Å²) in [7, 11) is 1.53. The summed E-state index contributed by atoms with van der Waals surface area (Å²) in [5.74, 6) is -0.325. The highest BCUT2D eigenvalue weighted by atomic mass is 16.7. The molecule has 2 aliphatic rings. The fourth-order valence-corrected chi connectivity index (χ4v) is 3.92. The van der Waals surface area contributed by atoms with Crippen LogP contribution in [-0.4, -0.2) is 56.8 Å². The second-order valence-electron chi connectivity index (χ2n) is 7.51. The van der Waals surface area contributed by atoms with Crippen molar-refractivity contribution in [1.29, 1.82) is 0 Å². The molecule has 0 aliphatic carbocycles. The largest absolute Gasteiger partial charge is 0.368 e. The fraction of sp³-hybridized carbons (Fsp3) is 0.435. The standard InChI is InChI=1S/C23H28N2O6/c1-27-23-19(25-18(26)12-24)21(28-13-15-8-4-2-5-9-15)20-17(30-23)14-29-22(31-20)16-10-6-3-7-11-16/h2-11,17,19-23H,12-14,24H2,1H3,(H,25,26)/t17-,19+,20-,21-,22?,23+/m1/s1. The van der Waals surface area contributed by atoms with Gasteiger partial charge in [-0.2, -0.15) is 0 Å². The molecule has 8 nitrogen and oxygen atoms in total. The Morgan fingerprint density at radius 1 is 1.10 bits per heavy atom. The highest BCUT2D eigenvalue weighted by molar-refractivity contribution is 5.78. The Morgan fingerprint density at radius 2 is 1.81 bits per heavy atom. The smallest absolute Gasteiger partial charge is 0.234 e. The molecule has 0 radical (unpaired) electrons. The normalized spacial score (nSPS) is 30.4. The van der Waals surface area contributed by atoms with Crippen molar-refractivity contribution in [3.05, 3.63) is 71.8 Å². The maximum Gasteiger partial charge on any atom is 0.234 e. The molecule has 2 heterocycles. The lowest BCUT2D eigenvalue weighted by atomic mass is 9.95. The summed E-state index contributed by atoms with van der Waals surface area (Å²) in [5.41, 5.74) is 7.44. The Kier molecular flexibility index (Phi) is 7.29. The first-order valence-corrected chi connectivity index (χ1v) is 10.3. The lowest BCUT2D eigenvalue weighted by molar-refractivity contribution is -0.346. The molecule has 2 fully saturated rings. The minimum Gasteiger partial charge on any atom is -0.368 e. The molecule has 0 aromatic heterocycles. The summed E-state index contributed by atoms with van der Waals surface area (Å²) in [6, 6.07) is 18.9. The molecule has 166 valence electrons. The summed E-state index contributed by atoms with van der Waals surface area (Å²) < 4.78 is 30.1. The molecular weight excluding hydrogens is 400 g/mol. The predicted molar refractivity (Wildman–Crippen MR) is 112 cm³/mol. The van der Waals surface area contributed by atoms with Crippen LogP contribution < -0.4 is 11.1 Å². The molecule has 4 rings (SSSR count). The first-order valence-electron chi connectivity index (χ1n) is 10.3. The van der Waals surface area contributed by atoms with E-state index in [-0.39, 0.29) is 12.5 Å². The number of hydrogen-bond acceptors (Lipinski definition) is 7. The van der Waals surface area contributed by atoms with Gasteiger partial charge in [0.25, 0.3) is 0 Å². The second-order valence-corrected chi connectivity index (χ2v) is 7.51. The number of nitrogens with two attached hydrogens (primary N) is 1. The Morgan fingerprint density at radius 3 is 2.48 bits per heavy atom. The van der Waals surface area contributed by atoms with Crippen LogP contribution in [0.15, 0.2) is 60.7 Å². The Hall–Kier alpha value is -2.33. The highest BCUT2D eigenvalue weighted by Gasteiger charge is 2.51. The summed E-state index contributed by atoms with van der Waals surface area (Å²) >= 11 is 0. The molecule has 2 aliphatic heterocycles. The number of benzene rings is 2. The molecule has 2 aromatic rings. The first kappa shape index (κ1) is 21.9. The Balaban J connectivity index is 1.58. The van der Waals surface area contributed by atoms with E-state index >= 15 is 0 Å². The molecule has 8 heteroatoms. The van der Waals surface area contributed by atoms with Gasteiger partial charge in [0.2, 0.25) is 5.91 Å². The summed E-state index contributed by atoms with van der Waals surface area (Å²) in [4.78, 5) is 12.1. The number of nitrogens with one attached hydrogen (secondary N) is 1. The third-order valence-electron chi connectivity index (χ3n) is 5.44. The third-order valence-corrected chi connectivity index (χ3v) is 5.44. The van der Waals surface area contributed by atoms with Crippen molar-refractivity contribution < 1.29 is 28.5 Å². The molecule has 0 bridgehead atoms. The van der Waals surface area contributed by atoms with E-state index in [2.05, 4.69) is 5.32 Å². The van der Waals surface area contributed by atoms with Crippen LogP contribution in [0.4, 0.5) is 0 Å². The Bertz CT molecular complexity index is 836. The minimum absolute atomic E-state index is 0.150. The molecule has 2 aromatic carbocycles. The number of methoxy groups -OCH3 is 1. The van der Waals surface area contributed by atoms with E-state index in [0.29, 0.717) is 13.2 Å². The summed E-state index contributed by atoms with van der Waals surface area (Å²) in [6.07, 6.45) is -2.69. The molecule has 3 N–H and O–H groups in total. The monoisotopic (exact) mass is 428 g/mol. The van der Waals surface area contributed by atoms with Crippen LogP contribution in [0.3, 0.4) is 0 Å². The molecule has 1 amide bonds. The average Bonchev–Trinajstić information content (AvgIpc) is 2.83. The molecule has 0 spiro atoms. The van der Waals surface area contributed by atoms with Crippen molar-refractivity contribution >= 4 is 5.91 Å².